The highest BCUT2D eigenvalue weighted by molar-refractivity contribution is 5.55. The molecule has 0 aliphatic heterocycles. The van der Waals surface area contributed by atoms with Gasteiger partial charge in [0, 0.05) is 12.1 Å². The second kappa shape index (κ2) is 5.11. The van der Waals surface area contributed by atoms with Crippen LogP contribution in [0, 0.1) is 11.3 Å². The zero-order chi connectivity index (χ0) is 11.3. The summed E-state index contributed by atoms with van der Waals surface area (Å²) in [6, 6.07) is 5.28. The Morgan fingerprint density at radius 3 is 2.27 bits per heavy atom. The third-order valence-electron chi connectivity index (χ3n) is 1.91. The van der Waals surface area contributed by atoms with E-state index in [0.717, 1.165) is 0 Å². The number of benzene rings is 1. The Bertz CT molecular complexity index is 382. The maximum absolute atomic E-state index is 8.86. The van der Waals surface area contributed by atoms with Gasteiger partial charge in [0.05, 0.1) is 26.4 Å². The van der Waals surface area contributed by atoms with Gasteiger partial charge in [-0.15, -0.1) is 0 Å². The van der Waals surface area contributed by atoms with Crippen molar-refractivity contribution in [1.82, 2.24) is 0 Å². The van der Waals surface area contributed by atoms with Crippen molar-refractivity contribution >= 4 is 0 Å². The normalized spacial score (nSPS) is 9.20. The summed E-state index contributed by atoms with van der Waals surface area (Å²) in [6.07, 6.45) is 0. The number of hydrogen-bond donors (Lipinski definition) is 0. The lowest BCUT2D eigenvalue weighted by molar-refractivity contribution is 0.307. The summed E-state index contributed by atoms with van der Waals surface area (Å²) in [5, 5.41) is 8.86. The van der Waals surface area contributed by atoms with Gasteiger partial charge in [0.15, 0.2) is 11.5 Å². The number of hydrogen-bond acceptors (Lipinski definition) is 4. The molecule has 1 aromatic rings. The van der Waals surface area contributed by atoms with E-state index < -0.39 is 0 Å². The Morgan fingerprint density at radius 2 is 1.80 bits per heavy atom. The van der Waals surface area contributed by atoms with Gasteiger partial charge in [-0.05, 0) is 6.92 Å². The van der Waals surface area contributed by atoms with Crippen molar-refractivity contribution in [3.63, 3.8) is 0 Å². The van der Waals surface area contributed by atoms with Crippen LogP contribution in [0.3, 0.4) is 0 Å². The van der Waals surface area contributed by atoms with Gasteiger partial charge in [-0.25, -0.2) is 0 Å². The van der Waals surface area contributed by atoms with E-state index in [9.17, 15) is 0 Å². The molecule has 1 aromatic carbocycles. The van der Waals surface area contributed by atoms with Crippen LogP contribution < -0.4 is 14.2 Å². The van der Waals surface area contributed by atoms with Gasteiger partial charge in [0.2, 0.25) is 0 Å². The Kier molecular flexibility index (Phi) is 3.81. The molecular formula is C11H13NO3. The maximum atomic E-state index is 8.86. The van der Waals surface area contributed by atoms with E-state index in [-0.39, 0.29) is 0 Å². The summed E-state index contributed by atoms with van der Waals surface area (Å²) >= 11 is 0. The second-order valence-electron chi connectivity index (χ2n) is 2.75. The molecule has 0 aromatic heterocycles. The van der Waals surface area contributed by atoms with Crippen LogP contribution in [0.5, 0.6) is 17.2 Å². The zero-order valence-electron chi connectivity index (χ0n) is 9.03. The third kappa shape index (κ3) is 2.32. The second-order valence-corrected chi connectivity index (χ2v) is 2.75. The number of nitriles is 1. The minimum atomic E-state index is 0.429. The standard InChI is InChI=1S/C11H13NO3/c1-4-15-11-6-9(13-2)8(7-12)5-10(11)14-3/h5-6H,4H2,1-3H3. The summed E-state index contributed by atoms with van der Waals surface area (Å²) in [4.78, 5) is 0. The molecule has 0 atom stereocenters. The highest BCUT2D eigenvalue weighted by atomic mass is 16.5. The number of methoxy groups -OCH3 is 2. The Hall–Kier alpha value is -1.89. The van der Waals surface area contributed by atoms with E-state index in [1.165, 1.54) is 14.2 Å². The van der Waals surface area contributed by atoms with Crippen molar-refractivity contribution < 1.29 is 14.2 Å². The minimum absolute atomic E-state index is 0.429. The summed E-state index contributed by atoms with van der Waals surface area (Å²) in [6.45, 7) is 2.41. The first-order valence-corrected chi connectivity index (χ1v) is 4.55. The van der Waals surface area contributed by atoms with E-state index in [4.69, 9.17) is 19.5 Å². The van der Waals surface area contributed by atoms with Crippen LogP contribution in [0.1, 0.15) is 12.5 Å². The SMILES string of the molecule is CCOc1cc(OC)c(C#N)cc1OC. The summed E-state index contributed by atoms with van der Waals surface area (Å²) in [5.41, 5.74) is 0.429. The van der Waals surface area contributed by atoms with Crippen LogP contribution >= 0.6 is 0 Å². The molecule has 0 N–H and O–H groups in total. The first kappa shape index (κ1) is 11.2. The Balaban J connectivity index is 3.22. The van der Waals surface area contributed by atoms with Crippen molar-refractivity contribution in [1.29, 1.82) is 5.26 Å². The van der Waals surface area contributed by atoms with Crippen molar-refractivity contribution in [2.45, 2.75) is 6.92 Å². The molecule has 0 radical (unpaired) electrons. The predicted octanol–water partition coefficient (Wildman–Crippen LogP) is 1.97. The van der Waals surface area contributed by atoms with Crippen molar-refractivity contribution in [2.75, 3.05) is 20.8 Å². The third-order valence-corrected chi connectivity index (χ3v) is 1.91. The molecule has 15 heavy (non-hydrogen) atoms. The fourth-order valence-electron chi connectivity index (χ4n) is 1.23. The summed E-state index contributed by atoms with van der Waals surface area (Å²) in [5.74, 6) is 1.60. The summed E-state index contributed by atoms with van der Waals surface area (Å²) in [7, 11) is 3.05. The predicted molar refractivity (Wildman–Crippen MR) is 55.4 cm³/mol. The van der Waals surface area contributed by atoms with Crippen LogP contribution in [0.4, 0.5) is 0 Å². The molecule has 0 saturated heterocycles. The highest BCUT2D eigenvalue weighted by Crippen LogP contribution is 2.34. The van der Waals surface area contributed by atoms with E-state index in [1.54, 1.807) is 12.1 Å². The van der Waals surface area contributed by atoms with Crippen LogP contribution in [-0.2, 0) is 0 Å². The van der Waals surface area contributed by atoms with Crippen LogP contribution in [0.15, 0.2) is 12.1 Å². The molecule has 0 heterocycles. The van der Waals surface area contributed by atoms with Gasteiger partial charge < -0.3 is 14.2 Å². The van der Waals surface area contributed by atoms with Crippen LogP contribution in [0.2, 0.25) is 0 Å². The van der Waals surface area contributed by atoms with Gasteiger partial charge in [0.1, 0.15) is 11.8 Å². The Labute approximate surface area is 89.0 Å². The van der Waals surface area contributed by atoms with E-state index in [2.05, 4.69) is 0 Å². The first-order chi connectivity index (χ1) is 7.26. The first-order valence-electron chi connectivity index (χ1n) is 4.55. The lowest BCUT2D eigenvalue weighted by atomic mass is 10.2. The molecule has 0 aliphatic carbocycles. The Morgan fingerprint density at radius 1 is 1.13 bits per heavy atom. The zero-order valence-corrected chi connectivity index (χ0v) is 9.03. The number of ether oxygens (including phenoxy) is 3. The monoisotopic (exact) mass is 207 g/mol. The molecule has 0 unspecified atom stereocenters. The van der Waals surface area contributed by atoms with Gasteiger partial charge >= 0.3 is 0 Å². The van der Waals surface area contributed by atoms with Crippen LogP contribution in [0.25, 0.3) is 0 Å². The molecule has 0 saturated carbocycles. The van der Waals surface area contributed by atoms with Gasteiger partial charge in [0.25, 0.3) is 0 Å². The molecular weight excluding hydrogens is 194 g/mol. The molecule has 1 rings (SSSR count). The lowest BCUT2D eigenvalue weighted by Gasteiger charge is -2.11. The molecule has 0 spiro atoms. The average molecular weight is 207 g/mol. The fraction of sp³-hybridized carbons (Fsp3) is 0.364. The number of nitrogens with zero attached hydrogens (tertiary/aromatic N) is 1. The minimum Gasteiger partial charge on any atom is -0.495 e. The van der Waals surface area contributed by atoms with Gasteiger partial charge in [-0.1, -0.05) is 0 Å². The van der Waals surface area contributed by atoms with Crippen molar-refractivity contribution in [3.05, 3.63) is 17.7 Å². The van der Waals surface area contributed by atoms with E-state index >= 15 is 0 Å². The molecule has 4 nitrogen and oxygen atoms in total. The molecule has 4 heteroatoms. The fourth-order valence-corrected chi connectivity index (χ4v) is 1.23. The molecule has 80 valence electrons. The van der Waals surface area contributed by atoms with Gasteiger partial charge in [-0.3, -0.25) is 0 Å². The highest BCUT2D eigenvalue weighted by Gasteiger charge is 2.11. The van der Waals surface area contributed by atoms with Crippen molar-refractivity contribution in [2.24, 2.45) is 0 Å². The molecule has 0 fully saturated rings. The largest absolute Gasteiger partial charge is 0.495 e. The smallest absolute Gasteiger partial charge is 0.164 e. The maximum Gasteiger partial charge on any atom is 0.164 e. The summed E-state index contributed by atoms with van der Waals surface area (Å²) < 4.78 is 15.5. The lowest BCUT2D eigenvalue weighted by Crippen LogP contribution is -1.97. The number of rotatable bonds is 4. The average Bonchev–Trinajstić information content (AvgIpc) is 2.28. The molecule has 0 aliphatic rings. The van der Waals surface area contributed by atoms with E-state index in [1.807, 2.05) is 13.0 Å². The van der Waals surface area contributed by atoms with Crippen LogP contribution in [-0.4, -0.2) is 20.8 Å². The molecule has 0 bridgehead atoms. The van der Waals surface area contributed by atoms with E-state index in [0.29, 0.717) is 29.4 Å². The van der Waals surface area contributed by atoms with Gasteiger partial charge in [-0.2, -0.15) is 5.26 Å². The van der Waals surface area contributed by atoms with Crippen molar-refractivity contribution in [3.8, 4) is 23.3 Å². The topological polar surface area (TPSA) is 51.5 Å². The quantitative estimate of drug-likeness (QED) is 0.757. The molecule has 0 amide bonds.